The number of carboxylic acids is 2. The molecule has 2 heterocycles. The maximum absolute atomic E-state index is 12.2. The Morgan fingerprint density at radius 2 is 1.60 bits per heavy atom. The number of hydrogen-bond acceptors (Lipinski definition) is 10. The lowest BCUT2D eigenvalue weighted by atomic mass is 10.2. The van der Waals surface area contributed by atoms with E-state index in [4.69, 9.17) is 24.5 Å². The van der Waals surface area contributed by atoms with E-state index < -0.39 is 16.9 Å². The summed E-state index contributed by atoms with van der Waals surface area (Å²) in [5.74, 6) is -2.42. The van der Waals surface area contributed by atoms with Crippen molar-refractivity contribution < 1.29 is 29.5 Å². The third kappa shape index (κ3) is 9.16. The maximum Gasteiger partial charge on any atom is 0.414 e. The molecule has 43 heavy (non-hydrogen) atoms. The number of aromatic nitrogens is 2. The standard InChI is InChI=1S/C26H32N6O5.C2H2O4/c1-28-24(18-25(33)29(2)26(28)34)31-14-12-30(13-15-31)11-6-16-37-23-10-9-21(32(35)36)17-22(23)27-19-20-7-4-3-5-8-20;3-1(4)2(5)6/h3-5,7-10,17-18,27H,6,11-16,19H2,1-2H3;(H,3,4)(H,5,6). The number of anilines is 2. The Labute approximate surface area is 246 Å². The zero-order valence-electron chi connectivity index (χ0n) is 23.8. The smallest absolute Gasteiger partial charge is 0.414 e. The zero-order chi connectivity index (χ0) is 31.5. The van der Waals surface area contributed by atoms with Crippen molar-refractivity contribution in [2.75, 3.05) is 49.5 Å². The van der Waals surface area contributed by atoms with Gasteiger partial charge in [-0.15, -0.1) is 0 Å². The number of nitro groups is 1. The topological polar surface area (TPSA) is 189 Å². The molecular formula is C28H34N6O9. The van der Waals surface area contributed by atoms with E-state index in [1.165, 1.54) is 29.8 Å². The summed E-state index contributed by atoms with van der Waals surface area (Å²) in [4.78, 5) is 57.7. The quantitative estimate of drug-likeness (QED) is 0.132. The zero-order valence-corrected chi connectivity index (χ0v) is 23.8. The molecule has 1 aliphatic rings. The lowest BCUT2D eigenvalue weighted by Gasteiger charge is -2.36. The molecule has 3 N–H and O–H groups in total. The molecule has 0 aliphatic carbocycles. The number of non-ortho nitro benzene ring substituents is 1. The van der Waals surface area contributed by atoms with E-state index in [-0.39, 0.29) is 16.9 Å². The number of nitrogens with zero attached hydrogens (tertiary/aromatic N) is 5. The van der Waals surface area contributed by atoms with Gasteiger partial charge < -0.3 is 25.2 Å². The molecule has 3 aromatic rings. The van der Waals surface area contributed by atoms with Crippen LogP contribution >= 0.6 is 0 Å². The number of nitrogens with one attached hydrogen (secondary N) is 1. The van der Waals surface area contributed by atoms with Crippen molar-refractivity contribution in [3.63, 3.8) is 0 Å². The van der Waals surface area contributed by atoms with Gasteiger partial charge in [0, 0.05) is 71.6 Å². The number of hydrogen-bond donors (Lipinski definition) is 3. The number of piperazine rings is 1. The Morgan fingerprint density at radius 1 is 0.953 bits per heavy atom. The van der Waals surface area contributed by atoms with Crippen LogP contribution in [0.2, 0.25) is 0 Å². The fourth-order valence-corrected chi connectivity index (χ4v) is 4.38. The molecule has 2 aromatic carbocycles. The summed E-state index contributed by atoms with van der Waals surface area (Å²) in [5.41, 5.74) is 1.03. The molecule has 1 aliphatic heterocycles. The van der Waals surface area contributed by atoms with Crippen molar-refractivity contribution in [1.29, 1.82) is 0 Å². The van der Waals surface area contributed by atoms with Crippen molar-refractivity contribution >= 4 is 29.1 Å². The first-order valence-corrected chi connectivity index (χ1v) is 13.4. The van der Waals surface area contributed by atoms with E-state index in [1.54, 1.807) is 13.1 Å². The monoisotopic (exact) mass is 598 g/mol. The minimum Gasteiger partial charge on any atom is -0.491 e. The number of ether oxygens (including phenoxy) is 1. The van der Waals surface area contributed by atoms with Gasteiger partial charge in [-0.1, -0.05) is 30.3 Å². The number of carboxylic acid groups (broad SMARTS) is 2. The summed E-state index contributed by atoms with van der Waals surface area (Å²) in [6.45, 7) is 4.90. The lowest BCUT2D eigenvalue weighted by Crippen LogP contribution is -2.49. The molecule has 1 saturated heterocycles. The second-order valence-corrected chi connectivity index (χ2v) is 9.66. The fraction of sp³-hybridized carbons (Fsp3) is 0.357. The van der Waals surface area contributed by atoms with Crippen LogP contribution in [-0.2, 0) is 30.2 Å². The lowest BCUT2D eigenvalue weighted by molar-refractivity contribution is -0.384. The summed E-state index contributed by atoms with van der Waals surface area (Å²) in [7, 11) is 3.16. The second kappa shape index (κ2) is 15.2. The van der Waals surface area contributed by atoms with Gasteiger partial charge >= 0.3 is 17.6 Å². The summed E-state index contributed by atoms with van der Waals surface area (Å²) < 4.78 is 8.61. The van der Waals surface area contributed by atoms with Crippen LogP contribution in [0.1, 0.15) is 12.0 Å². The average molecular weight is 599 g/mol. The molecule has 0 unspecified atom stereocenters. The number of nitro benzene ring substituents is 1. The molecule has 0 spiro atoms. The van der Waals surface area contributed by atoms with E-state index in [0.29, 0.717) is 30.4 Å². The normalized spacial score (nSPS) is 13.0. The van der Waals surface area contributed by atoms with Crippen LogP contribution in [0.4, 0.5) is 17.2 Å². The molecule has 4 rings (SSSR count). The number of aliphatic carboxylic acids is 2. The fourth-order valence-electron chi connectivity index (χ4n) is 4.38. The molecule has 15 nitrogen and oxygen atoms in total. The van der Waals surface area contributed by atoms with Crippen LogP contribution in [0.15, 0.2) is 64.2 Å². The van der Waals surface area contributed by atoms with Gasteiger partial charge in [-0.25, -0.2) is 14.4 Å². The highest BCUT2D eigenvalue weighted by atomic mass is 16.6. The van der Waals surface area contributed by atoms with Crippen molar-refractivity contribution in [3.05, 3.63) is 91.1 Å². The number of carbonyl (C=O) groups is 2. The van der Waals surface area contributed by atoms with Crippen LogP contribution < -0.4 is 26.2 Å². The Morgan fingerprint density at radius 3 is 2.21 bits per heavy atom. The summed E-state index contributed by atoms with van der Waals surface area (Å²) in [6.07, 6.45) is 0.791. The minimum atomic E-state index is -1.82. The second-order valence-electron chi connectivity index (χ2n) is 9.66. The summed E-state index contributed by atoms with van der Waals surface area (Å²) >= 11 is 0. The predicted octanol–water partition coefficient (Wildman–Crippen LogP) is 1.35. The Balaban J connectivity index is 0.000000765. The molecular weight excluding hydrogens is 564 g/mol. The Bertz CT molecular complexity index is 1530. The molecule has 0 radical (unpaired) electrons. The Hall–Kier alpha value is -5.18. The van der Waals surface area contributed by atoms with Gasteiger partial charge in [0.15, 0.2) is 0 Å². The molecule has 0 atom stereocenters. The molecule has 1 fully saturated rings. The molecule has 1 aromatic heterocycles. The van der Waals surface area contributed by atoms with E-state index in [2.05, 4.69) is 15.1 Å². The van der Waals surface area contributed by atoms with Gasteiger partial charge in [0.1, 0.15) is 11.6 Å². The third-order valence-corrected chi connectivity index (χ3v) is 6.76. The molecule has 15 heteroatoms. The van der Waals surface area contributed by atoms with Gasteiger partial charge in [0.25, 0.3) is 11.2 Å². The van der Waals surface area contributed by atoms with Crippen LogP contribution in [0.3, 0.4) is 0 Å². The first-order valence-electron chi connectivity index (χ1n) is 13.4. The van der Waals surface area contributed by atoms with Gasteiger partial charge in [-0.3, -0.25) is 28.9 Å². The van der Waals surface area contributed by atoms with Gasteiger partial charge in [0.2, 0.25) is 0 Å². The van der Waals surface area contributed by atoms with Crippen molar-refractivity contribution in [3.8, 4) is 5.75 Å². The molecule has 0 amide bonds. The van der Waals surface area contributed by atoms with Gasteiger partial charge in [0.05, 0.1) is 17.2 Å². The molecule has 230 valence electrons. The van der Waals surface area contributed by atoms with Gasteiger partial charge in [-0.2, -0.15) is 0 Å². The summed E-state index contributed by atoms with van der Waals surface area (Å²) in [5, 5.41) is 29.3. The van der Waals surface area contributed by atoms with Crippen molar-refractivity contribution in [1.82, 2.24) is 14.0 Å². The van der Waals surface area contributed by atoms with Gasteiger partial charge in [-0.05, 0) is 18.1 Å². The summed E-state index contributed by atoms with van der Waals surface area (Å²) in [6, 6.07) is 15.9. The largest absolute Gasteiger partial charge is 0.491 e. The average Bonchev–Trinajstić information content (AvgIpc) is 3.00. The van der Waals surface area contributed by atoms with Crippen LogP contribution in [0.25, 0.3) is 0 Å². The number of rotatable bonds is 10. The molecule has 0 saturated carbocycles. The minimum absolute atomic E-state index is 0.00885. The SMILES string of the molecule is Cn1c(N2CCN(CCCOc3ccc([N+](=O)[O-])cc3NCc3ccccc3)CC2)cc(=O)n(C)c1=O.O=C(O)C(=O)O. The highest BCUT2D eigenvalue weighted by molar-refractivity contribution is 6.27. The first-order chi connectivity index (χ1) is 20.5. The van der Waals surface area contributed by atoms with Crippen molar-refractivity contribution in [2.45, 2.75) is 13.0 Å². The Kier molecular flexibility index (Phi) is 11.4. The van der Waals surface area contributed by atoms with E-state index in [0.717, 1.165) is 49.3 Å². The van der Waals surface area contributed by atoms with E-state index in [9.17, 15) is 19.7 Å². The maximum atomic E-state index is 12.2. The van der Waals surface area contributed by atoms with E-state index >= 15 is 0 Å². The number of benzene rings is 2. The first kappa shape index (κ1) is 32.3. The van der Waals surface area contributed by atoms with Crippen LogP contribution in [0.5, 0.6) is 5.75 Å². The predicted molar refractivity (Wildman–Crippen MR) is 158 cm³/mol. The van der Waals surface area contributed by atoms with E-state index in [1.807, 2.05) is 30.3 Å². The van der Waals surface area contributed by atoms with Crippen LogP contribution in [0, 0.1) is 10.1 Å². The highest BCUT2D eigenvalue weighted by Gasteiger charge is 2.20. The van der Waals surface area contributed by atoms with Crippen LogP contribution in [-0.4, -0.2) is 80.4 Å². The third-order valence-electron chi connectivity index (χ3n) is 6.76. The highest BCUT2D eigenvalue weighted by Crippen LogP contribution is 2.30. The molecule has 0 bridgehead atoms. The van der Waals surface area contributed by atoms with Crippen molar-refractivity contribution in [2.24, 2.45) is 14.1 Å².